The van der Waals surface area contributed by atoms with Crippen LogP contribution in [0.25, 0.3) is 11.6 Å². The van der Waals surface area contributed by atoms with Gasteiger partial charge in [0.05, 0.1) is 30.7 Å². The normalized spacial score (nSPS) is 15.4. The molecule has 1 saturated carbocycles. The molecule has 0 atom stereocenters. The summed E-state index contributed by atoms with van der Waals surface area (Å²) < 4.78 is 11.4. The van der Waals surface area contributed by atoms with Gasteiger partial charge in [-0.15, -0.1) is 11.3 Å². The van der Waals surface area contributed by atoms with Crippen molar-refractivity contribution in [2.45, 2.75) is 31.8 Å². The number of hydrogen-bond donors (Lipinski definition) is 0. The van der Waals surface area contributed by atoms with Gasteiger partial charge in [0.2, 0.25) is 0 Å². The lowest BCUT2D eigenvalue weighted by atomic mass is 10.1. The number of thiophene rings is 1. The molecule has 0 unspecified atom stereocenters. The summed E-state index contributed by atoms with van der Waals surface area (Å²) in [5.41, 5.74) is 1.13. The van der Waals surface area contributed by atoms with Gasteiger partial charge >= 0.3 is 0 Å². The van der Waals surface area contributed by atoms with Crippen LogP contribution in [0.2, 0.25) is 0 Å². The second kappa shape index (κ2) is 7.30. The topological polar surface area (TPSA) is 55.1 Å². The number of pyridine rings is 1. The van der Waals surface area contributed by atoms with E-state index in [4.69, 9.17) is 9.47 Å². The number of nitrogens with zero attached hydrogens (tertiary/aromatic N) is 2. The van der Waals surface area contributed by atoms with Gasteiger partial charge in [-0.2, -0.15) is 5.26 Å². The summed E-state index contributed by atoms with van der Waals surface area (Å²) in [6.45, 7) is 0. The van der Waals surface area contributed by atoms with Crippen LogP contribution in [-0.4, -0.2) is 18.2 Å². The molecule has 5 heteroatoms. The number of aromatic nitrogens is 1. The Morgan fingerprint density at radius 3 is 2.87 bits per heavy atom. The van der Waals surface area contributed by atoms with E-state index >= 15 is 0 Å². The van der Waals surface area contributed by atoms with Crippen molar-refractivity contribution in [3.63, 3.8) is 0 Å². The zero-order chi connectivity index (χ0) is 16.1. The highest BCUT2D eigenvalue weighted by molar-refractivity contribution is 7.10. The van der Waals surface area contributed by atoms with Crippen LogP contribution in [0.4, 0.5) is 0 Å². The zero-order valence-electron chi connectivity index (χ0n) is 13.0. The molecule has 0 spiro atoms. The summed E-state index contributed by atoms with van der Waals surface area (Å²) in [5, 5.41) is 11.4. The van der Waals surface area contributed by atoms with Gasteiger partial charge in [-0.1, -0.05) is 6.07 Å². The molecule has 0 bridgehead atoms. The average molecular weight is 326 g/mol. The highest BCUT2D eigenvalue weighted by Crippen LogP contribution is 2.33. The van der Waals surface area contributed by atoms with Gasteiger partial charge in [0, 0.05) is 10.9 Å². The molecule has 2 aromatic heterocycles. The Balaban J connectivity index is 1.91. The quantitative estimate of drug-likeness (QED) is 0.757. The molecule has 4 nitrogen and oxygen atoms in total. The van der Waals surface area contributed by atoms with Crippen molar-refractivity contribution >= 4 is 23.0 Å². The number of nitriles is 1. The van der Waals surface area contributed by atoms with Crippen LogP contribution in [0.3, 0.4) is 0 Å². The van der Waals surface area contributed by atoms with Gasteiger partial charge in [0.15, 0.2) is 11.5 Å². The van der Waals surface area contributed by atoms with E-state index in [1.807, 2.05) is 23.6 Å². The highest BCUT2D eigenvalue weighted by atomic mass is 32.1. The Morgan fingerprint density at radius 1 is 1.39 bits per heavy atom. The maximum absolute atomic E-state index is 9.45. The number of methoxy groups -OCH3 is 1. The zero-order valence-corrected chi connectivity index (χ0v) is 13.8. The molecule has 2 heterocycles. The number of allylic oxidation sites excluding steroid dienone is 1. The van der Waals surface area contributed by atoms with Crippen molar-refractivity contribution in [2.75, 3.05) is 7.11 Å². The van der Waals surface area contributed by atoms with Crippen LogP contribution in [0, 0.1) is 11.3 Å². The lowest BCUT2D eigenvalue weighted by Crippen LogP contribution is -2.12. The first-order valence-corrected chi connectivity index (χ1v) is 8.54. The minimum absolute atomic E-state index is 0.228. The van der Waals surface area contributed by atoms with Crippen molar-refractivity contribution in [1.29, 1.82) is 5.26 Å². The fourth-order valence-corrected chi connectivity index (χ4v) is 3.34. The molecule has 1 aliphatic carbocycles. The molecule has 3 rings (SSSR count). The second-order valence-electron chi connectivity index (χ2n) is 5.43. The highest BCUT2D eigenvalue weighted by Gasteiger charge is 2.19. The third-order valence-electron chi connectivity index (χ3n) is 3.87. The molecule has 1 aliphatic rings. The Bertz CT molecular complexity index is 726. The number of ether oxygens (including phenoxy) is 2. The summed E-state index contributed by atoms with van der Waals surface area (Å²) in [5.74, 6) is 1.27. The molecule has 0 aliphatic heterocycles. The van der Waals surface area contributed by atoms with Crippen molar-refractivity contribution in [3.8, 4) is 17.6 Å². The number of rotatable bonds is 5. The van der Waals surface area contributed by atoms with Crippen molar-refractivity contribution in [1.82, 2.24) is 4.98 Å². The molecule has 0 amide bonds. The fraction of sp³-hybridized carbons (Fsp3) is 0.333. The Labute approximate surface area is 140 Å². The van der Waals surface area contributed by atoms with Crippen LogP contribution in [0.15, 0.2) is 29.8 Å². The Kier molecular flexibility index (Phi) is 4.94. The Morgan fingerprint density at radius 2 is 2.22 bits per heavy atom. The van der Waals surface area contributed by atoms with E-state index < -0.39 is 0 Å². The van der Waals surface area contributed by atoms with E-state index in [9.17, 15) is 5.26 Å². The average Bonchev–Trinajstić information content (AvgIpc) is 3.26. The maximum atomic E-state index is 9.45. The van der Waals surface area contributed by atoms with Gasteiger partial charge in [-0.25, -0.2) is 0 Å². The monoisotopic (exact) mass is 326 g/mol. The first-order valence-electron chi connectivity index (χ1n) is 7.66. The summed E-state index contributed by atoms with van der Waals surface area (Å²) in [6.07, 6.45) is 8.23. The van der Waals surface area contributed by atoms with Gasteiger partial charge in [0.1, 0.15) is 6.07 Å². The molecule has 0 radical (unpaired) electrons. The molecule has 0 saturated heterocycles. The third kappa shape index (κ3) is 3.72. The molecule has 118 valence electrons. The molecule has 23 heavy (non-hydrogen) atoms. The van der Waals surface area contributed by atoms with E-state index in [2.05, 4.69) is 11.1 Å². The van der Waals surface area contributed by atoms with Crippen LogP contribution in [-0.2, 0) is 0 Å². The Hall–Kier alpha value is -2.32. The van der Waals surface area contributed by atoms with Gasteiger partial charge in [-0.3, -0.25) is 4.98 Å². The molecule has 0 N–H and O–H groups in total. The molecule has 1 fully saturated rings. The molecule has 0 aromatic carbocycles. The lowest BCUT2D eigenvalue weighted by molar-refractivity contribution is 0.200. The summed E-state index contributed by atoms with van der Waals surface area (Å²) >= 11 is 1.59. The standard InChI is InChI=1S/C18H18N2O2S/c1-21-18-12-20-16(10-17(18)22-14-5-2-3-6-14)13(11-19)9-15-7-4-8-23-15/h4,7-10,12,14H,2-3,5-6H2,1H3/b13-9+. The minimum Gasteiger partial charge on any atom is -0.491 e. The van der Waals surface area contributed by atoms with E-state index in [0.29, 0.717) is 22.8 Å². The molecule has 2 aromatic rings. The van der Waals surface area contributed by atoms with E-state index in [-0.39, 0.29) is 6.10 Å². The smallest absolute Gasteiger partial charge is 0.179 e. The first-order chi connectivity index (χ1) is 11.3. The van der Waals surface area contributed by atoms with Gasteiger partial charge in [-0.05, 0) is 43.2 Å². The van der Waals surface area contributed by atoms with E-state index in [1.54, 1.807) is 30.7 Å². The van der Waals surface area contributed by atoms with E-state index in [0.717, 1.165) is 17.7 Å². The summed E-state index contributed by atoms with van der Waals surface area (Å²) in [6, 6.07) is 7.96. The van der Waals surface area contributed by atoms with Crippen molar-refractivity contribution in [2.24, 2.45) is 0 Å². The second-order valence-corrected chi connectivity index (χ2v) is 6.41. The molecular weight excluding hydrogens is 308 g/mol. The van der Waals surface area contributed by atoms with Crippen LogP contribution in [0.1, 0.15) is 36.3 Å². The largest absolute Gasteiger partial charge is 0.491 e. The third-order valence-corrected chi connectivity index (χ3v) is 4.69. The maximum Gasteiger partial charge on any atom is 0.179 e. The van der Waals surface area contributed by atoms with Gasteiger partial charge in [0.25, 0.3) is 0 Å². The predicted molar refractivity (Wildman–Crippen MR) is 91.5 cm³/mol. The minimum atomic E-state index is 0.228. The van der Waals surface area contributed by atoms with Crippen molar-refractivity contribution in [3.05, 3.63) is 40.3 Å². The van der Waals surface area contributed by atoms with Crippen molar-refractivity contribution < 1.29 is 9.47 Å². The van der Waals surface area contributed by atoms with Gasteiger partial charge < -0.3 is 9.47 Å². The SMILES string of the molecule is COc1cnc(/C(C#N)=C/c2cccs2)cc1OC1CCCC1. The number of hydrogen-bond acceptors (Lipinski definition) is 5. The van der Waals surface area contributed by atoms with E-state index in [1.165, 1.54) is 12.8 Å². The first kappa shape index (κ1) is 15.6. The summed E-state index contributed by atoms with van der Waals surface area (Å²) in [7, 11) is 1.60. The van der Waals surface area contributed by atoms with Crippen LogP contribution >= 0.6 is 11.3 Å². The fourth-order valence-electron chi connectivity index (χ4n) is 2.68. The van der Waals surface area contributed by atoms with Crippen LogP contribution in [0.5, 0.6) is 11.5 Å². The summed E-state index contributed by atoms with van der Waals surface area (Å²) in [4.78, 5) is 5.37. The molecular formula is C18H18N2O2S. The van der Waals surface area contributed by atoms with Crippen LogP contribution < -0.4 is 9.47 Å². The predicted octanol–water partition coefficient (Wildman–Crippen LogP) is 4.54. The lowest BCUT2D eigenvalue weighted by Gasteiger charge is -2.16.